The third-order valence-electron chi connectivity index (χ3n) is 3.18. The Kier molecular flexibility index (Phi) is 3.30. The van der Waals surface area contributed by atoms with Gasteiger partial charge in [0.25, 0.3) is 0 Å². The van der Waals surface area contributed by atoms with Gasteiger partial charge in [-0.05, 0) is 31.0 Å². The SMILES string of the molecule is C=C(C)[C@@H]1CO[C@@H](c2ccc(OC)cc2)C1. The van der Waals surface area contributed by atoms with Gasteiger partial charge in [-0.2, -0.15) is 0 Å². The average molecular weight is 218 g/mol. The van der Waals surface area contributed by atoms with Crippen LogP contribution in [0.15, 0.2) is 36.4 Å². The molecule has 0 radical (unpaired) electrons. The third kappa shape index (κ3) is 2.27. The Bertz CT molecular complexity index is 367. The highest BCUT2D eigenvalue weighted by Crippen LogP contribution is 2.35. The molecule has 2 nitrogen and oxygen atoms in total. The molecule has 0 spiro atoms. The molecule has 0 aromatic heterocycles. The summed E-state index contributed by atoms with van der Waals surface area (Å²) >= 11 is 0. The Morgan fingerprint density at radius 3 is 2.56 bits per heavy atom. The average Bonchev–Trinajstić information content (AvgIpc) is 2.78. The maximum atomic E-state index is 5.78. The Balaban J connectivity index is 2.05. The third-order valence-corrected chi connectivity index (χ3v) is 3.18. The molecular weight excluding hydrogens is 200 g/mol. The van der Waals surface area contributed by atoms with Crippen LogP contribution in [-0.4, -0.2) is 13.7 Å². The molecule has 1 aromatic rings. The standard InChI is InChI=1S/C14H18O2/c1-10(2)12-8-14(16-9-12)11-4-6-13(15-3)7-5-11/h4-7,12,14H,1,8-9H2,2-3H3/t12-,14+/m0/s1. The van der Waals surface area contributed by atoms with Crippen LogP contribution in [0.25, 0.3) is 0 Å². The van der Waals surface area contributed by atoms with Gasteiger partial charge in [0.15, 0.2) is 0 Å². The molecule has 1 saturated heterocycles. The second-order valence-electron chi connectivity index (χ2n) is 4.37. The molecule has 86 valence electrons. The van der Waals surface area contributed by atoms with Gasteiger partial charge < -0.3 is 9.47 Å². The summed E-state index contributed by atoms with van der Waals surface area (Å²) in [5.41, 5.74) is 2.44. The molecule has 1 aliphatic rings. The predicted molar refractivity (Wildman–Crippen MR) is 64.6 cm³/mol. The van der Waals surface area contributed by atoms with Crippen molar-refractivity contribution in [1.82, 2.24) is 0 Å². The summed E-state index contributed by atoms with van der Waals surface area (Å²) in [5, 5.41) is 0. The summed E-state index contributed by atoms with van der Waals surface area (Å²) in [5.74, 6) is 1.39. The molecule has 1 aromatic carbocycles. The zero-order chi connectivity index (χ0) is 11.5. The van der Waals surface area contributed by atoms with Crippen LogP contribution in [0.3, 0.4) is 0 Å². The van der Waals surface area contributed by atoms with Crippen molar-refractivity contribution in [3.05, 3.63) is 42.0 Å². The summed E-state index contributed by atoms with van der Waals surface area (Å²) in [6.07, 6.45) is 1.26. The van der Waals surface area contributed by atoms with E-state index in [4.69, 9.17) is 9.47 Å². The van der Waals surface area contributed by atoms with E-state index in [0.717, 1.165) is 18.8 Å². The predicted octanol–water partition coefficient (Wildman–Crippen LogP) is 3.35. The molecule has 2 heteroatoms. The van der Waals surface area contributed by atoms with Crippen LogP contribution in [0.2, 0.25) is 0 Å². The molecule has 0 N–H and O–H groups in total. The van der Waals surface area contributed by atoms with E-state index < -0.39 is 0 Å². The lowest BCUT2D eigenvalue weighted by Gasteiger charge is -2.10. The van der Waals surface area contributed by atoms with Gasteiger partial charge in [0.2, 0.25) is 0 Å². The van der Waals surface area contributed by atoms with Gasteiger partial charge in [0, 0.05) is 5.92 Å². The van der Waals surface area contributed by atoms with Gasteiger partial charge in [0.1, 0.15) is 5.75 Å². The Labute approximate surface area is 96.9 Å². The number of methoxy groups -OCH3 is 1. The molecule has 1 aliphatic heterocycles. The summed E-state index contributed by atoms with van der Waals surface area (Å²) in [4.78, 5) is 0. The van der Waals surface area contributed by atoms with Crippen molar-refractivity contribution in [2.45, 2.75) is 19.4 Å². The van der Waals surface area contributed by atoms with E-state index in [-0.39, 0.29) is 6.10 Å². The van der Waals surface area contributed by atoms with E-state index in [1.807, 2.05) is 12.1 Å². The lowest BCUT2D eigenvalue weighted by atomic mass is 9.96. The smallest absolute Gasteiger partial charge is 0.118 e. The molecule has 16 heavy (non-hydrogen) atoms. The molecule has 0 aliphatic carbocycles. The van der Waals surface area contributed by atoms with Crippen LogP contribution in [0.1, 0.15) is 25.0 Å². The lowest BCUT2D eigenvalue weighted by Crippen LogP contribution is -1.98. The molecular formula is C14H18O2. The molecule has 1 heterocycles. The van der Waals surface area contributed by atoms with E-state index in [2.05, 4.69) is 25.6 Å². The van der Waals surface area contributed by atoms with Crippen LogP contribution >= 0.6 is 0 Å². The molecule has 0 amide bonds. The molecule has 1 fully saturated rings. The first-order valence-electron chi connectivity index (χ1n) is 5.61. The largest absolute Gasteiger partial charge is 0.497 e. The van der Waals surface area contributed by atoms with Gasteiger partial charge >= 0.3 is 0 Å². The second kappa shape index (κ2) is 4.71. The van der Waals surface area contributed by atoms with Crippen molar-refractivity contribution in [1.29, 1.82) is 0 Å². The van der Waals surface area contributed by atoms with Crippen LogP contribution in [0, 0.1) is 5.92 Å². The maximum Gasteiger partial charge on any atom is 0.118 e. The minimum Gasteiger partial charge on any atom is -0.497 e. The Hall–Kier alpha value is -1.28. The van der Waals surface area contributed by atoms with Crippen molar-refractivity contribution in [2.75, 3.05) is 13.7 Å². The van der Waals surface area contributed by atoms with Crippen molar-refractivity contribution in [2.24, 2.45) is 5.92 Å². The summed E-state index contributed by atoms with van der Waals surface area (Å²) in [6.45, 7) is 6.86. The zero-order valence-corrected chi connectivity index (χ0v) is 9.90. The molecule has 0 saturated carbocycles. The van der Waals surface area contributed by atoms with E-state index in [0.29, 0.717) is 5.92 Å². The van der Waals surface area contributed by atoms with Gasteiger partial charge in [-0.1, -0.05) is 24.3 Å². The molecule has 2 rings (SSSR count). The van der Waals surface area contributed by atoms with E-state index in [1.54, 1.807) is 7.11 Å². The summed E-state index contributed by atoms with van der Waals surface area (Å²) < 4.78 is 10.9. The number of hydrogen-bond donors (Lipinski definition) is 0. The minimum absolute atomic E-state index is 0.215. The Morgan fingerprint density at radius 2 is 2.06 bits per heavy atom. The van der Waals surface area contributed by atoms with Crippen molar-refractivity contribution in [3.8, 4) is 5.75 Å². The highest BCUT2D eigenvalue weighted by atomic mass is 16.5. The zero-order valence-electron chi connectivity index (χ0n) is 9.90. The highest BCUT2D eigenvalue weighted by Gasteiger charge is 2.26. The first-order chi connectivity index (χ1) is 7.70. The first-order valence-corrected chi connectivity index (χ1v) is 5.61. The Morgan fingerprint density at radius 1 is 1.38 bits per heavy atom. The van der Waals surface area contributed by atoms with Crippen molar-refractivity contribution in [3.63, 3.8) is 0 Å². The fourth-order valence-corrected chi connectivity index (χ4v) is 2.02. The number of hydrogen-bond acceptors (Lipinski definition) is 2. The molecule has 0 bridgehead atoms. The quantitative estimate of drug-likeness (QED) is 0.724. The number of rotatable bonds is 3. The van der Waals surface area contributed by atoms with Crippen LogP contribution < -0.4 is 4.74 Å². The van der Waals surface area contributed by atoms with Crippen molar-refractivity contribution >= 4 is 0 Å². The van der Waals surface area contributed by atoms with Crippen LogP contribution in [-0.2, 0) is 4.74 Å². The normalized spacial score (nSPS) is 24.4. The van der Waals surface area contributed by atoms with E-state index in [9.17, 15) is 0 Å². The maximum absolute atomic E-state index is 5.78. The first kappa shape index (κ1) is 11.2. The summed E-state index contributed by atoms with van der Waals surface area (Å²) in [7, 11) is 1.68. The summed E-state index contributed by atoms with van der Waals surface area (Å²) in [6, 6.07) is 8.11. The number of benzene rings is 1. The van der Waals surface area contributed by atoms with Crippen molar-refractivity contribution < 1.29 is 9.47 Å². The number of ether oxygens (including phenoxy) is 2. The van der Waals surface area contributed by atoms with Gasteiger partial charge in [-0.25, -0.2) is 0 Å². The minimum atomic E-state index is 0.215. The van der Waals surface area contributed by atoms with Gasteiger partial charge in [0.05, 0.1) is 19.8 Å². The second-order valence-corrected chi connectivity index (χ2v) is 4.37. The van der Waals surface area contributed by atoms with Crippen LogP contribution in [0.4, 0.5) is 0 Å². The van der Waals surface area contributed by atoms with Crippen LogP contribution in [0.5, 0.6) is 5.75 Å². The molecule has 2 atom stereocenters. The fraction of sp³-hybridized carbons (Fsp3) is 0.429. The van der Waals surface area contributed by atoms with E-state index >= 15 is 0 Å². The fourth-order valence-electron chi connectivity index (χ4n) is 2.02. The van der Waals surface area contributed by atoms with Gasteiger partial charge in [-0.15, -0.1) is 0 Å². The van der Waals surface area contributed by atoms with E-state index in [1.165, 1.54) is 11.1 Å². The molecule has 0 unspecified atom stereocenters. The monoisotopic (exact) mass is 218 g/mol. The lowest BCUT2D eigenvalue weighted by molar-refractivity contribution is 0.109. The highest BCUT2D eigenvalue weighted by molar-refractivity contribution is 5.29. The van der Waals surface area contributed by atoms with Gasteiger partial charge in [-0.3, -0.25) is 0 Å². The topological polar surface area (TPSA) is 18.5 Å².